The second-order valence-corrected chi connectivity index (χ2v) is 3.99. The number of hydrogen-bond donors (Lipinski definition) is 1. The van der Waals surface area contributed by atoms with Crippen LogP contribution in [0.3, 0.4) is 0 Å². The number of aryl methyl sites for hydroxylation is 1. The fourth-order valence-electron chi connectivity index (χ4n) is 1.77. The summed E-state index contributed by atoms with van der Waals surface area (Å²) in [5.41, 5.74) is 7.22. The summed E-state index contributed by atoms with van der Waals surface area (Å²) in [6.07, 6.45) is 6.84. The predicted molar refractivity (Wildman–Crippen MR) is 65.2 cm³/mol. The van der Waals surface area contributed by atoms with Gasteiger partial charge in [0.2, 0.25) is 0 Å². The van der Waals surface area contributed by atoms with Gasteiger partial charge in [-0.25, -0.2) is 4.98 Å². The highest BCUT2D eigenvalue weighted by Gasteiger charge is 2.11. The fourth-order valence-corrected chi connectivity index (χ4v) is 1.77. The standard InChI is InChI=1S/C12H17N5/c1-2-7-17-12(15-9-16-17)8-11(13)10-3-5-14-6-4-10/h3-6,9,11H,2,7-8,13H2,1H3. The molecule has 0 saturated heterocycles. The smallest absolute Gasteiger partial charge is 0.138 e. The van der Waals surface area contributed by atoms with Gasteiger partial charge in [-0.1, -0.05) is 6.92 Å². The first-order valence-corrected chi connectivity index (χ1v) is 5.83. The lowest BCUT2D eigenvalue weighted by atomic mass is 10.1. The Morgan fingerprint density at radius 1 is 1.35 bits per heavy atom. The summed E-state index contributed by atoms with van der Waals surface area (Å²) in [4.78, 5) is 8.24. The molecule has 0 fully saturated rings. The van der Waals surface area contributed by atoms with Gasteiger partial charge in [0.15, 0.2) is 0 Å². The first-order valence-electron chi connectivity index (χ1n) is 5.83. The molecule has 2 heterocycles. The zero-order valence-corrected chi connectivity index (χ0v) is 9.95. The van der Waals surface area contributed by atoms with E-state index in [2.05, 4.69) is 22.0 Å². The minimum Gasteiger partial charge on any atom is -0.324 e. The molecule has 0 amide bonds. The van der Waals surface area contributed by atoms with E-state index in [1.54, 1.807) is 18.7 Å². The lowest BCUT2D eigenvalue weighted by molar-refractivity contribution is 0.548. The van der Waals surface area contributed by atoms with Gasteiger partial charge in [-0.15, -0.1) is 0 Å². The second-order valence-electron chi connectivity index (χ2n) is 3.99. The minimum atomic E-state index is -0.0576. The van der Waals surface area contributed by atoms with E-state index in [-0.39, 0.29) is 6.04 Å². The zero-order valence-electron chi connectivity index (χ0n) is 9.95. The molecule has 0 saturated carbocycles. The summed E-state index contributed by atoms with van der Waals surface area (Å²) in [6.45, 7) is 3.01. The average molecular weight is 231 g/mol. The molecule has 2 rings (SSSR count). The van der Waals surface area contributed by atoms with Crippen molar-refractivity contribution < 1.29 is 0 Å². The normalized spacial score (nSPS) is 12.6. The van der Waals surface area contributed by atoms with Crippen molar-refractivity contribution in [1.29, 1.82) is 0 Å². The Hall–Kier alpha value is -1.75. The lowest BCUT2D eigenvalue weighted by Crippen LogP contribution is -2.17. The molecule has 0 bridgehead atoms. The molecule has 2 N–H and O–H groups in total. The summed E-state index contributed by atoms with van der Waals surface area (Å²) in [5, 5.41) is 4.19. The van der Waals surface area contributed by atoms with Crippen LogP contribution >= 0.6 is 0 Å². The van der Waals surface area contributed by atoms with Crippen molar-refractivity contribution in [3.8, 4) is 0 Å². The van der Waals surface area contributed by atoms with E-state index in [4.69, 9.17) is 5.73 Å². The molecule has 1 unspecified atom stereocenters. The van der Waals surface area contributed by atoms with Crippen molar-refractivity contribution in [3.63, 3.8) is 0 Å². The van der Waals surface area contributed by atoms with Crippen LogP contribution in [0.1, 0.15) is 30.8 Å². The maximum atomic E-state index is 6.14. The van der Waals surface area contributed by atoms with Crippen LogP contribution in [0.4, 0.5) is 0 Å². The molecule has 90 valence electrons. The van der Waals surface area contributed by atoms with Crippen LogP contribution < -0.4 is 5.73 Å². The summed E-state index contributed by atoms with van der Waals surface area (Å²) in [5.74, 6) is 0.941. The number of rotatable bonds is 5. The van der Waals surface area contributed by atoms with Gasteiger partial charge in [0.25, 0.3) is 0 Å². The monoisotopic (exact) mass is 231 g/mol. The number of nitrogens with two attached hydrogens (primary N) is 1. The van der Waals surface area contributed by atoms with Crippen molar-refractivity contribution in [2.75, 3.05) is 0 Å². The fraction of sp³-hybridized carbons (Fsp3) is 0.417. The van der Waals surface area contributed by atoms with Crippen LogP contribution in [-0.2, 0) is 13.0 Å². The van der Waals surface area contributed by atoms with Crippen LogP contribution in [0.5, 0.6) is 0 Å². The second kappa shape index (κ2) is 5.54. The van der Waals surface area contributed by atoms with Gasteiger partial charge >= 0.3 is 0 Å². The first-order chi connectivity index (χ1) is 8.31. The molecule has 0 aliphatic carbocycles. The summed E-state index contributed by atoms with van der Waals surface area (Å²) >= 11 is 0. The van der Waals surface area contributed by atoms with Gasteiger partial charge in [-0.05, 0) is 24.1 Å². The highest BCUT2D eigenvalue weighted by atomic mass is 15.3. The van der Waals surface area contributed by atoms with E-state index >= 15 is 0 Å². The molecular weight excluding hydrogens is 214 g/mol. The van der Waals surface area contributed by atoms with Crippen molar-refractivity contribution >= 4 is 0 Å². The van der Waals surface area contributed by atoms with Crippen LogP contribution in [0.15, 0.2) is 30.9 Å². The summed E-state index contributed by atoms with van der Waals surface area (Å²) < 4.78 is 1.92. The van der Waals surface area contributed by atoms with Crippen LogP contribution in [-0.4, -0.2) is 19.7 Å². The highest BCUT2D eigenvalue weighted by molar-refractivity contribution is 5.15. The van der Waals surface area contributed by atoms with Crippen LogP contribution in [0.2, 0.25) is 0 Å². The molecule has 17 heavy (non-hydrogen) atoms. The third-order valence-electron chi connectivity index (χ3n) is 2.67. The maximum Gasteiger partial charge on any atom is 0.138 e. The highest BCUT2D eigenvalue weighted by Crippen LogP contribution is 2.13. The first kappa shape index (κ1) is 11.7. The van der Waals surface area contributed by atoms with E-state index < -0.39 is 0 Å². The SMILES string of the molecule is CCCn1ncnc1CC(N)c1ccncc1. The van der Waals surface area contributed by atoms with E-state index in [0.717, 1.165) is 24.4 Å². The number of hydrogen-bond acceptors (Lipinski definition) is 4. The largest absolute Gasteiger partial charge is 0.324 e. The number of pyridine rings is 1. The molecule has 0 aliphatic heterocycles. The molecule has 0 aromatic carbocycles. The molecule has 2 aromatic rings. The van der Waals surface area contributed by atoms with Crippen molar-refractivity contribution in [2.24, 2.45) is 5.73 Å². The average Bonchev–Trinajstić information content (AvgIpc) is 2.78. The molecular formula is C12H17N5. The predicted octanol–water partition coefficient (Wildman–Crippen LogP) is 1.33. The molecule has 2 aromatic heterocycles. The third-order valence-corrected chi connectivity index (χ3v) is 2.67. The maximum absolute atomic E-state index is 6.14. The molecule has 0 spiro atoms. The zero-order chi connectivity index (χ0) is 12.1. The van der Waals surface area contributed by atoms with Crippen molar-refractivity contribution in [2.45, 2.75) is 32.4 Å². The number of aromatic nitrogens is 4. The van der Waals surface area contributed by atoms with Crippen molar-refractivity contribution in [3.05, 3.63) is 42.2 Å². The van der Waals surface area contributed by atoms with Gasteiger partial charge in [-0.3, -0.25) is 9.67 Å². The Bertz CT molecular complexity index is 451. The Balaban J connectivity index is 2.08. The van der Waals surface area contributed by atoms with Gasteiger partial charge < -0.3 is 5.73 Å². The van der Waals surface area contributed by atoms with E-state index in [1.807, 2.05) is 16.8 Å². The van der Waals surface area contributed by atoms with Gasteiger partial charge in [-0.2, -0.15) is 5.10 Å². The van der Waals surface area contributed by atoms with E-state index in [1.165, 1.54) is 0 Å². The van der Waals surface area contributed by atoms with E-state index in [0.29, 0.717) is 6.42 Å². The molecule has 5 heteroatoms. The lowest BCUT2D eigenvalue weighted by Gasteiger charge is -2.11. The van der Waals surface area contributed by atoms with Gasteiger partial charge in [0.1, 0.15) is 12.2 Å². The molecule has 0 radical (unpaired) electrons. The van der Waals surface area contributed by atoms with E-state index in [9.17, 15) is 0 Å². The summed E-state index contributed by atoms with van der Waals surface area (Å²) in [6, 6.07) is 3.81. The van der Waals surface area contributed by atoms with Gasteiger partial charge in [0.05, 0.1) is 0 Å². The molecule has 1 atom stereocenters. The van der Waals surface area contributed by atoms with Gasteiger partial charge in [0, 0.05) is 31.4 Å². The minimum absolute atomic E-state index is 0.0576. The summed E-state index contributed by atoms with van der Waals surface area (Å²) in [7, 11) is 0. The van der Waals surface area contributed by atoms with Crippen LogP contribution in [0.25, 0.3) is 0 Å². The Morgan fingerprint density at radius 2 is 2.12 bits per heavy atom. The van der Waals surface area contributed by atoms with Crippen LogP contribution in [0, 0.1) is 0 Å². The molecule has 0 aliphatic rings. The Morgan fingerprint density at radius 3 is 2.82 bits per heavy atom. The number of nitrogens with zero attached hydrogens (tertiary/aromatic N) is 4. The quantitative estimate of drug-likeness (QED) is 0.842. The Kier molecular flexibility index (Phi) is 3.82. The molecule has 5 nitrogen and oxygen atoms in total. The van der Waals surface area contributed by atoms with Crippen molar-refractivity contribution in [1.82, 2.24) is 19.7 Å². The third kappa shape index (κ3) is 2.88. The topological polar surface area (TPSA) is 69.6 Å². The Labute approximate surface area is 101 Å².